The number of carbonyl (C=O) groups is 1. The predicted octanol–water partition coefficient (Wildman–Crippen LogP) is 7.25. The Labute approximate surface area is 302 Å². The monoisotopic (exact) mass is 672 g/mol. The van der Waals surface area contributed by atoms with Crippen molar-refractivity contribution in [2.75, 3.05) is 9.80 Å². The molecule has 0 radical (unpaired) electrons. The summed E-state index contributed by atoms with van der Waals surface area (Å²) in [4.78, 5) is 19.7. The fraction of sp³-hybridized carbons (Fsp3) is 0.133. The molecule has 248 valence electrons. The molecule has 2 aromatic heterocycles. The first kappa shape index (κ1) is 29.8. The first-order valence-corrected chi connectivity index (χ1v) is 18.1. The molecule has 0 saturated heterocycles. The smallest absolute Gasteiger partial charge is 0.338 e. The molecule has 8 aromatic rings. The van der Waals surface area contributed by atoms with Gasteiger partial charge in [0.05, 0.1) is 34.1 Å². The van der Waals surface area contributed by atoms with E-state index in [-0.39, 0.29) is 19.5 Å². The standard InChI is InChI=1S/C45H34B2N2O3/c1-23-19-25(3)37(26(4)20-23)46-32-17-15-29-16-18-33-42-36(29)41(32)48(39-30-11-7-9-13-34(30)51-43(39)46)45(50)49(42)40-31-12-8-10-14-35(31)52-44(40)47(33)38-27(5)21-24(2)22-28(38)6/h7-22H,1-6H3. The number of amides is 2. The molecule has 2 amide bonds. The molecule has 7 heteroatoms. The molecule has 52 heavy (non-hydrogen) atoms. The molecule has 5 nitrogen and oxygen atoms in total. The van der Waals surface area contributed by atoms with E-state index in [1.165, 1.54) is 44.3 Å². The summed E-state index contributed by atoms with van der Waals surface area (Å²) in [5, 5.41) is 4.04. The SMILES string of the molecule is Cc1cc(C)c(B2c3ccc4ccc5c6c4c3N(C(=O)N6c3c(oc4ccccc34)B5c3c(C)cc(C)cc3C)c3c2oc2ccccc32)c(C)c1. The van der Waals surface area contributed by atoms with Crippen molar-refractivity contribution in [3.63, 3.8) is 0 Å². The van der Waals surface area contributed by atoms with Crippen LogP contribution in [-0.4, -0.2) is 19.5 Å². The van der Waals surface area contributed by atoms with Crippen LogP contribution >= 0.6 is 0 Å². The van der Waals surface area contributed by atoms with Crippen LogP contribution in [0.25, 0.3) is 32.7 Å². The van der Waals surface area contributed by atoms with Crippen molar-refractivity contribution in [2.45, 2.75) is 41.5 Å². The average molecular weight is 672 g/mol. The minimum atomic E-state index is -0.194. The third-order valence-electron chi connectivity index (χ3n) is 11.9. The second kappa shape index (κ2) is 10.1. The van der Waals surface area contributed by atoms with Crippen LogP contribution in [0.15, 0.2) is 106 Å². The van der Waals surface area contributed by atoms with Crippen molar-refractivity contribution in [2.24, 2.45) is 0 Å². The van der Waals surface area contributed by atoms with Crippen LogP contribution in [0.3, 0.4) is 0 Å². The minimum Gasteiger partial charge on any atom is -0.468 e. The van der Waals surface area contributed by atoms with Crippen LogP contribution in [0.5, 0.6) is 0 Å². The highest BCUT2D eigenvalue weighted by atomic mass is 16.3. The van der Waals surface area contributed by atoms with Crippen molar-refractivity contribution in [3.05, 3.63) is 130 Å². The van der Waals surface area contributed by atoms with Gasteiger partial charge in [0.2, 0.25) is 0 Å². The normalized spacial score (nSPS) is 14.2. The number of urea groups is 1. The van der Waals surface area contributed by atoms with E-state index in [2.05, 4.69) is 102 Å². The first-order valence-electron chi connectivity index (χ1n) is 18.1. The van der Waals surface area contributed by atoms with Gasteiger partial charge in [-0.2, -0.15) is 0 Å². The molecule has 0 unspecified atom stereocenters. The zero-order valence-corrected chi connectivity index (χ0v) is 30.0. The van der Waals surface area contributed by atoms with Gasteiger partial charge in [0.15, 0.2) is 0 Å². The summed E-state index contributed by atoms with van der Waals surface area (Å²) in [6.07, 6.45) is 0. The van der Waals surface area contributed by atoms with Crippen LogP contribution in [-0.2, 0) is 0 Å². The molecule has 0 aliphatic carbocycles. The number of hydrogen-bond acceptors (Lipinski definition) is 3. The van der Waals surface area contributed by atoms with Gasteiger partial charge in [0, 0.05) is 16.2 Å². The van der Waals surface area contributed by atoms with Gasteiger partial charge in [0.1, 0.15) is 11.2 Å². The molecule has 0 bridgehead atoms. The lowest BCUT2D eigenvalue weighted by Gasteiger charge is -2.44. The third kappa shape index (κ3) is 3.63. The molecule has 0 spiro atoms. The number of anilines is 4. The van der Waals surface area contributed by atoms with Crippen molar-refractivity contribution in [1.29, 1.82) is 0 Å². The van der Waals surface area contributed by atoms with Crippen molar-refractivity contribution in [3.8, 4) is 0 Å². The van der Waals surface area contributed by atoms with Crippen LogP contribution in [0.1, 0.15) is 33.4 Å². The molecule has 3 aliphatic rings. The van der Waals surface area contributed by atoms with Gasteiger partial charge in [-0.15, -0.1) is 0 Å². The van der Waals surface area contributed by atoms with E-state index in [0.717, 1.165) is 77.7 Å². The summed E-state index contributed by atoms with van der Waals surface area (Å²) < 4.78 is 13.8. The van der Waals surface area contributed by atoms with Gasteiger partial charge in [0.25, 0.3) is 13.4 Å². The molecule has 3 aliphatic heterocycles. The number of para-hydroxylation sites is 2. The van der Waals surface area contributed by atoms with Crippen molar-refractivity contribution >= 4 is 108 Å². The molecule has 0 fully saturated rings. The maximum atomic E-state index is 15.8. The molecular weight excluding hydrogens is 638 g/mol. The fourth-order valence-electron chi connectivity index (χ4n) is 10.2. The Bertz CT molecular complexity index is 2700. The van der Waals surface area contributed by atoms with Gasteiger partial charge < -0.3 is 8.83 Å². The van der Waals surface area contributed by atoms with Crippen LogP contribution in [0, 0.1) is 41.5 Å². The Kier molecular flexibility index (Phi) is 5.78. The minimum absolute atomic E-state index is 0.124. The molecule has 11 rings (SSSR count). The van der Waals surface area contributed by atoms with E-state index < -0.39 is 0 Å². The van der Waals surface area contributed by atoms with E-state index in [4.69, 9.17) is 8.83 Å². The van der Waals surface area contributed by atoms with E-state index in [1.807, 2.05) is 46.2 Å². The van der Waals surface area contributed by atoms with Gasteiger partial charge in [-0.25, -0.2) is 4.79 Å². The Balaban J connectivity index is 1.32. The van der Waals surface area contributed by atoms with Gasteiger partial charge in [-0.3, -0.25) is 9.80 Å². The van der Waals surface area contributed by atoms with Gasteiger partial charge in [-0.1, -0.05) is 117 Å². The Morgan fingerprint density at radius 1 is 0.500 bits per heavy atom. The zero-order valence-electron chi connectivity index (χ0n) is 30.0. The lowest BCUT2D eigenvalue weighted by atomic mass is 9.34. The number of furan rings is 2. The molecule has 0 atom stereocenters. The number of nitrogens with zero attached hydrogens (tertiary/aromatic N) is 2. The largest absolute Gasteiger partial charge is 0.468 e. The van der Waals surface area contributed by atoms with Crippen molar-refractivity contribution < 1.29 is 13.6 Å². The maximum absolute atomic E-state index is 15.8. The number of aryl methyl sites for hydroxylation is 6. The highest BCUT2D eigenvalue weighted by Gasteiger charge is 2.52. The summed E-state index contributed by atoms with van der Waals surface area (Å²) in [7, 11) is 0. The summed E-state index contributed by atoms with van der Waals surface area (Å²) in [5.74, 6) is 0. The molecule has 0 N–H and O–H groups in total. The zero-order chi connectivity index (χ0) is 35.3. The Morgan fingerprint density at radius 2 is 0.904 bits per heavy atom. The number of hydrogen-bond donors (Lipinski definition) is 0. The second-order valence-electron chi connectivity index (χ2n) is 15.2. The fourth-order valence-corrected chi connectivity index (χ4v) is 10.2. The number of benzene rings is 6. The van der Waals surface area contributed by atoms with E-state index >= 15 is 4.79 Å². The predicted molar refractivity (Wildman–Crippen MR) is 217 cm³/mol. The highest BCUT2D eigenvalue weighted by molar-refractivity contribution is 7.00. The molecule has 6 aromatic carbocycles. The molecular formula is C45H34B2N2O3. The number of carbonyl (C=O) groups excluding carboxylic acids is 1. The third-order valence-corrected chi connectivity index (χ3v) is 11.9. The molecule has 5 heterocycles. The van der Waals surface area contributed by atoms with E-state index in [1.54, 1.807) is 0 Å². The quantitative estimate of drug-likeness (QED) is 0.182. The van der Waals surface area contributed by atoms with Crippen LogP contribution < -0.4 is 43.0 Å². The van der Waals surface area contributed by atoms with Crippen molar-refractivity contribution in [1.82, 2.24) is 0 Å². The lowest BCUT2D eigenvalue weighted by Crippen LogP contribution is -2.64. The molecule has 0 saturated carbocycles. The van der Waals surface area contributed by atoms with Gasteiger partial charge >= 0.3 is 6.03 Å². The van der Waals surface area contributed by atoms with Gasteiger partial charge in [-0.05, 0) is 82.1 Å². The summed E-state index contributed by atoms with van der Waals surface area (Å²) in [6.45, 7) is 12.7. The van der Waals surface area contributed by atoms with Crippen LogP contribution in [0.4, 0.5) is 27.5 Å². The van der Waals surface area contributed by atoms with Crippen LogP contribution in [0.2, 0.25) is 0 Å². The average Bonchev–Trinajstić information content (AvgIpc) is 3.69. The van der Waals surface area contributed by atoms with E-state index in [0.29, 0.717) is 0 Å². The lowest BCUT2D eigenvalue weighted by molar-refractivity contribution is 0.255. The Hall–Kier alpha value is -5.94. The summed E-state index contributed by atoms with van der Waals surface area (Å²) in [5.41, 5.74) is 18.6. The first-order chi connectivity index (χ1) is 25.2. The second-order valence-corrected chi connectivity index (χ2v) is 15.2. The summed E-state index contributed by atoms with van der Waals surface area (Å²) >= 11 is 0. The number of fused-ring (bicyclic) bond motifs is 8. The number of rotatable bonds is 2. The highest BCUT2D eigenvalue weighted by Crippen LogP contribution is 2.50. The van der Waals surface area contributed by atoms with E-state index in [9.17, 15) is 0 Å². The topological polar surface area (TPSA) is 49.8 Å². The Morgan fingerprint density at radius 3 is 1.33 bits per heavy atom. The summed E-state index contributed by atoms with van der Waals surface area (Å²) in [6, 6.07) is 34.1. The maximum Gasteiger partial charge on any atom is 0.338 e.